The SMILES string of the molecule is CC(C)(C)OC(=O)Oc1cc(COC(=O)c2cc(C(=O)OCc3cc(OC(=O)OC(C)(C)C)cc(OC(=O)OC(C)(C)C)c3)cc(C(=O)OCc3cc(OC(=O)OC(C)(C)C)cc(OC(=O)OC(C)(C)C)c3)c2)cc(OC(=O)OC(C)(C)C)c1. The van der Waals surface area contributed by atoms with Gasteiger partial charge in [0.15, 0.2) is 0 Å². The second kappa shape index (κ2) is 27.3. The molecule has 84 heavy (non-hydrogen) atoms. The first-order chi connectivity index (χ1) is 38.4. The Balaban J connectivity index is 1.76. The zero-order valence-electron chi connectivity index (χ0n) is 50.3. The quantitative estimate of drug-likeness (QED) is 0.0607. The highest BCUT2D eigenvalue weighted by atomic mass is 16.8. The zero-order valence-corrected chi connectivity index (χ0v) is 50.3. The third-order valence-corrected chi connectivity index (χ3v) is 9.11. The Kier molecular flexibility index (Phi) is 21.9. The van der Waals surface area contributed by atoms with Crippen LogP contribution in [0.4, 0.5) is 28.8 Å². The van der Waals surface area contributed by atoms with E-state index >= 15 is 0 Å². The Morgan fingerprint density at radius 2 is 0.405 bits per heavy atom. The molecule has 0 radical (unpaired) electrons. The Labute approximate surface area is 486 Å². The van der Waals surface area contributed by atoms with E-state index in [1.165, 1.54) is 54.6 Å². The lowest BCUT2D eigenvalue weighted by Gasteiger charge is -2.20. The van der Waals surface area contributed by atoms with Gasteiger partial charge in [0.2, 0.25) is 0 Å². The summed E-state index contributed by atoms with van der Waals surface area (Å²) in [6, 6.07) is 14.4. The van der Waals surface area contributed by atoms with Crippen molar-refractivity contribution in [3.8, 4) is 34.5 Å². The van der Waals surface area contributed by atoms with Crippen LogP contribution in [0.2, 0.25) is 0 Å². The summed E-state index contributed by atoms with van der Waals surface area (Å²) in [5.74, 6) is -4.58. The van der Waals surface area contributed by atoms with Crippen LogP contribution in [0.5, 0.6) is 34.5 Å². The van der Waals surface area contributed by atoms with Crippen LogP contribution >= 0.6 is 0 Å². The number of ether oxygens (including phenoxy) is 15. The molecule has 0 bridgehead atoms. The van der Waals surface area contributed by atoms with Gasteiger partial charge < -0.3 is 71.1 Å². The fourth-order valence-corrected chi connectivity index (χ4v) is 6.38. The molecule has 0 amide bonds. The van der Waals surface area contributed by atoms with Crippen molar-refractivity contribution in [2.24, 2.45) is 0 Å². The summed E-state index contributed by atoms with van der Waals surface area (Å²) in [6.07, 6.45) is -6.69. The van der Waals surface area contributed by atoms with Crippen molar-refractivity contribution in [2.45, 2.75) is 178 Å². The number of rotatable bonds is 15. The molecule has 0 spiro atoms. The predicted molar refractivity (Wildman–Crippen MR) is 294 cm³/mol. The lowest BCUT2D eigenvalue weighted by atomic mass is 10.1. The fourth-order valence-electron chi connectivity index (χ4n) is 6.38. The highest BCUT2D eigenvalue weighted by Gasteiger charge is 2.27. The molecule has 4 rings (SSSR count). The summed E-state index contributed by atoms with van der Waals surface area (Å²) in [7, 11) is 0. The van der Waals surface area contributed by atoms with Crippen molar-refractivity contribution in [2.75, 3.05) is 0 Å². The summed E-state index contributed by atoms with van der Waals surface area (Å²) in [5.41, 5.74) is -6.69. The first kappa shape index (κ1) is 67.4. The summed E-state index contributed by atoms with van der Waals surface area (Å²) in [6.45, 7) is 27.1. The Morgan fingerprint density at radius 3 is 0.548 bits per heavy atom. The summed E-state index contributed by atoms with van der Waals surface area (Å²) < 4.78 is 80.6. The molecule has 0 fully saturated rings. The maximum absolute atomic E-state index is 14.1. The van der Waals surface area contributed by atoms with Gasteiger partial charge in [-0.3, -0.25) is 0 Å². The smallest absolute Gasteiger partial charge is 0.457 e. The zero-order chi connectivity index (χ0) is 63.3. The molecular formula is C60H72O24. The standard InChI is InChI=1S/C60H72O24/c1-55(2,3)79-49(64)73-40-19-34(20-41(28-40)74-50(65)80-56(4,5)6)31-70-46(61)37-25-38(47(62)71-32-35-21-42(75-51(66)81-57(7,8)9)29-43(22-35)76-52(67)82-58(10,11)12)27-39(26-37)48(63)72-33-36-23-44(77-53(68)83-59(13,14)15)30-45(24-36)78-54(69)84-60(16,17)18/h19-30H,31-33H2,1-18H3. The third kappa shape index (κ3) is 26.2. The van der Waals surface area contributed by atoms with Gasteiger partial charge in [0, 0.05) is 18.2 Å². The second-order valence-electron chi connectivity index (χ2n) is 24.4. The molecule has 0 unspecified atom stereocenters. The largest absolute Gasteiger partial charge is 0.514 e. The van der Waals surface area contributed by atoms with Crippen LogP contribution in [-0.4, -0.2) is 88.4 Å². The lowest BCUT2D eigenvalue weighted by Crippen LogP contribution is -2.26. The van der Waals surface area contributed by atoms with Crippen LogP contribution in [0, 0.1) is 0 Å². The van der Waals surface area contributed by atoms with Crippen LogP contribution in [-0.2, 0) is 62.5 Å². The molecule has 0 aromatic heterocycles. The minimum atomic E-state index is -1.14. The molecule has 4 aromatic rings. The highest BCUT2D eigenvalue weighted by Crippen LogP contribution is 2.30. The highest BCUT2D eigenvalue weighted by molar-refractivity contribution is 6.00. The first-order valence-corrected chi connectivity index (χ1v) is 26.0. The molecule has 4 aromatic carbocycles. The second-order valence-corrected chi connectivity index (χ2v) is 24.4. The van der Waals surface area contributed by atoms with Crippen LogP contribution < -0.4 is 28.4 Å². The molecule has 0 aliphatic rings. The number of benzene rings is 4. The molecule has 0 aliphatic carbocycles. The van der Waals surface area contributed by atoms with E-state index in [0.29, 0.717) is 0 Å². The molecule has 0 saturated carbocycles. The molecule has 0 saturated heterocycles. The van der Waals surface area contributed by atoms with E-state index in [1.807, 2.05) is 0 Å². The van der Waals surface area contributed by atoms with E-state index in [9.17, 15) is 43.2 Å². The minimum absolute atomic E-state index is 0.0963. The van der Waals surface area contributed by atoms with Crippen LogP contribution in [0.3, 0.4) is 0 Å². The number of carbonyl (C=O) groups excluding carboxylic acids is 9. The van der Waals surface area contributed by atoms with E-state index < -0.39 is 125 Å². The molecule has 456 valence electrons. The normalized spacial score (nSPS) is 11.8. The predicted octanol–water partition coefficient (Wildman–Crippen LogP) is 13.6. The maximum atomic E-state index is 14.1. The van der Waals surface area contributed by atoms with Crippen molar-refractivity contribution in [3.63, 3.8) is 0 Å². The van der Waals surface area contributed by atoms with Crippen molar-refractivity contribution in [1.29, 1.82) is 0 Å². The van der Waals surface area contributed by atoms with Gasteiger partial charge in [0.25, 0.3) is 0 Å². The topological polar surface area (TPSA) is 292 Å². The monoisotopic (exact) mass is 1180 g/mol. The molecule has 0 N–H and O–H groups in total. The van der Waals surface area contributed by atoms with Crippen molar-refractivity contribution in [3.05, 3.63) is 106 Å². The van der Waals surface area contributed by atoms with Crippen molar-refractivity contribution in [1.82, 2.24) is 0 Å². The minimum Gasteiger partial charge on any atom is -0.457 e. The van der Waals surface area contributed by atoms with Crippen LogP contribution in [0.1, 0.15) is 172 Å². The van der Waals surface area contributed by atoms with Gasteiger partial charge in [-0.2, -0.15) is 0 Å². The average molecular weight is 1180 g/mol. The van der Waals surface area contributed by atoms with Gasteiger partial charge >= 0.3 is 54.8 Å². The first-order valence-electron chi connectivity index (χ1n) is 26.0. The molecule has 0 atom stereocenters. The van der Waals surface area contributed by atoms with Crippen LogP contribution in [0.25, 0.3) is 0 Å². The van der Waals surface area contributed by atoms with Gasteiger partial charge in [0.05, 0.1) is 16.7 Å². The van der Waals surface area contributed by atoms with Crippen LogP contribution in [0.15, 0.2) is 72.8 Å². The fraction of sp³-hybridized carbons (Fsp3) is 0.450. The van der Waals surface area contributed by atoms with E-state index in [0.717, 1.165) is 18.2 Å². The van der Waals surface area contributed by atoms with E-state index in [2.05, 4.69) is 0 Å². The number of carbonyl (C=O) groups is 9. The van der Waals surface area contributed by atoms with Crippen molar-refractivity contribution >= 4 is 54.8 Å². The lowest BCUT2D eigenvalue weighted by molar-refractivity contribution is 0.0177. The number of esters is 3. The molecule has 0 heterocycles. The Morgan fingerprint density at radius 1 is 0.250 bits per heavy atom. The van der Waals surface area contributed by atoms with Gasteiger partial charge in [-0.15, -0.1) is 0 Å². The molecular weight excluding hydrogens is 1100 g/mol. The summed E-state index contributed by atoms with van der Waals surface area (Å²) >= 11 is 0. The Bertz CT molecular complexity index is 2610. The van der Waals surface area contributed by atoms with E-state index in [1.54, 1.807) is 125 Å². The number of hydrogen-bond donors (Lipinski definition) is 0. The van der Waals surface area contributed by atoms with E-state index in [-0.39, 0.29) is 51.2 Å². The van der Waals surface area contributed by atoms with E-state index in [4.69, 9.17) is 71.1 Å². The number of hydrogen-bond acceptors (Lipinski definition) is 24. The molecule has 24 nitrogen and oxygen atoms in total. The van der Waals surface area contributed by atoms with Gasteiger partial charge in [-0.1, -0.05) is 0 Å². The average Bonchev–Trinajstić information content (AvgIpc) is 3.44. The molecule has 24 heteroatoms. The summed E-state index contributed by atoms with van der Waals surface area (Å²) in [5, 5.41) is 0. The van der Waals surface area contributed by atoms with Crippen molar-refractivity contribution < 1.29 is 114 Å². The summed E-state index contributed by atoms with van der Waals surface area (Å²) in [4.78, 5) is 118. The maximum Gasteiger partial charge on any atom is 0.514 e. The van der Waals surface area contributed by atoms with Gasteiger partial charge in [-0.05, 0) is 196 Å². The molecule has 0 aliphatic heterocycles. The van der Waals surface area contributed by atoms with Gasteiger partial charge in [0.1, 0.15) is 87.9 Å². The Hall–Kier alpha value is -9.09. The third-order valence-electron chi connectivity index (χ3n) is 9.11. The van der Waals surface area contributed by atoms with Gasteiger partial charge in [-0.25, -0.2) is 43.2 Å².